The maximum atomic E-state index is 12.6. The molecule has 1 aliphatic heterocycles. The quantitative estimate of drug-likeness (QED) is 0.788. The van der Waals surface area contributed by atoms with E-state index in [2.05, 4.69) is 5.10 Å². The van der Waals surface area contributed by atoms with Gasteiger partial charge in [-0.1, -0.05) is 53.5 Å². The largest absolute Gasteiger partial charge is 0.274 e. The Morgan fingerprint density at radius 3 is 2.55 bits per heavy atom. The molecule has 3 rings (SSSR count). The molecule has 0 atom stereocenters. The lowest BCUT2D eigenvalue weighted by Gasteiger charge is -2.24. The van der Waals surface area contributed by atoms with Crippen molar-refractivity contribution in [2.45, 2.75) is 12.8 Å². The Balaban J connectivity index is 1.87. The van der Waals surface area contributed by atoms with E-state index in [0.717, 1.165) is 24.1 Å². The van der Waals surface area contributed by atoms with Gasteiger partial charge in [0.2, 0.25) is 0 Å². The van der Waals surface area contributed by atoms with Crippen molar-refractivity contribution in [1.29, 1.82) is 0 Å². The number of amides is 1. The van der Waals surface area contributed by atoms with E-state index in [4.69, 9.17) is 23.2 Å². The van der Waals surface area contributed by atoms with Crippen molar-refractivity contribution in [1.82, 2.24) is 5.01 Å². The Morgan fingerprint density at radius 2 is 1.82 bits per heavy atom. The van der Waals surface area contributed by atoms with Crippen molar-refractivity contribution in [2.75, 3.05) is 6.54 Å². The molecule has 5 heteroatoms. The van der Waals surface area contributed by atoms with Crippen LogP contribution in [0.5, 0.6) is 0 Å². The van der Waals surface area contributed by atoms with E-state index in [9.17, 15) is 4.79 Å². The van der Waals surface area contributed by atoms with Gasteiger partial charge in [0, 0.05) is 12.1 Å². The average molecular weight is 333 g/mol. The van der Waals surface area contributed by atoms with Gasteiger partial charge in [0.25, 0.3) is 5.91 Å². The summed E-state index contributed by atoms with van der Waals surface area (Å²) < 4.78 is 0. The van der Waals surface area contributed by atoms with Gasteiger partial charge in [0.05, 0.1) is 15.8 Å². The van der Waals surface area contributed by atoms with E-state index in [1.807, 2.05) is 30.3 Å². The van der Waals surface area contributed by atoms with Crippen LogP contribution in [-0.2, 0) is 0 Å². The van der Waals surface area contributed by atoms with Gasteiger partial charge in [0.15, 0.2) is 0 Å². The first kappa shape index (κ1) is 15.1. The van der Waals surface area contributed by atoms with Gasteiger partial charge in [-0.2, -0.15) is 5.10 Å². The zero-order chi connectivity index (χ0) is 15.5. The smallest absolute Gasteiger partial charge is 0.267 e. The highest BCUT2D eigenvalue weighted by atomic mass is 35.5. The summed E-state index contributed by atoms with van der Waals surface area (Å²) in [5.74, 6) is -0.160. The van der Waals surface area contributed by atoms with E-state index in [0.29, 0.717) is 22.2 Å². The first-order valence-electron chi connectivity index (χ1n) is 7.05. The van der Waals surface area contributed by atoms with Gasteiger partial charge in [0.1, 0.15) is 0 Å². The van der Waals surface area contributed by atoms with Gasteiger partial charge >= 0.3 is 0 Å². The highest BCUT2D eigenvalue weighted by Crippen LogP contribution is 2.24. The molecule has 2 aromatic carbocycles. The van der Waals surface area contributed by atoms with Crippen LogP contribution in [-0.4, -0.2) is 23.2 Å². The van der Waals surface area contributed by atoms with E-state index >= 15 is 0 Å². The minimum Gasteiger partial charge on any atom is -0.267 e. The fourth-order valence-electron chi connectivity index (χ4n) is 2.40. The van der Waals surface area contributed by atoms with Gasteiger partial charge < -0.3 is 0 Å². The fraction of sp³-hybridized carbons (Fsp3) is 0.176. The van der Waals surface area contributed by atoms with E-state index in [1.165, 1.54) is 5.01 Å². The summed E-state index contributed by atoms with van der Waals surface area (Å²) in [6.45, 7) is 0.607. The lowest BCUT2D eigenvalue weighted by atomic mass is 10.0. The van der Waals surface area contributed by atoms with E-state index < -0.39 is 0 Å². The molecule has 0 saturated carbocycles. The predicted molar refractivity (Wildman–Crippen MR) is 89.7 cm³/mol. The molecule has 1 aliphatic rings. The monoisotopic (exact) mass is 332 g/mol. The molecule has 1 heterocycles. The zero-order valence-electron chi connectivity index (χ0n) is 11.8. The minimum atomic E-state index is -0.160. The summed E-state index contributed by atoms with van der Waals surface area (Å²) in [7, 11) is 0. The Hall–Kier alpha value is -1.84. The maximum absolute atomic E-state index is 12.6. The number of hydrazone groups is 1. The van der Waals surface area contributed by atoms with Crippen LogP contribution in [0.3, 0.4) is 0 Å². The number of benzene rings is 2. The van der Waals surface area contributed by atoms with Crippen molar-refractivity contribution < 1.29 is 4.79 Å². The van der Waals surface area contributed by atoms with Crippen LogP contribution in [0.15, 0.2) is 53.6 Å². The van der Waals surface area contributed by atoms with E-state index in [-0.39, 0.29) is 5.91 Å². The third-order valence-corrected chi connectivity index (χ3v) is 4.27. The number of nitrogens with zero attached hydrogens (tertiary/aromatic N) is 2. The second-order valence-corrected chi connectivity index (χ2v) is 5.89. The molecule has 3 nitrogen and oxygen atoms in total. The number of hydrogen-bond acceptors (Lipinski definition) is 2. The third kappa shape index (κ3) is 3.16. The van der Waals surface area contributed by atoms with Gasteiger partial charge in [-0.3, -0.25) is 4.79 Å². The molecule has 0 saturated heterocycles. The summed E-state index contributed by atoms with van der Waals surface area (Å²) in [4.78, 5) is 12.6. The Bertz CT molecular complexity index is 729. The molecule has 112 valence electrons. The highest BCUT2D eigenvalue weighted by Gasteiger charge is 2.21. The van der Waals surface area contributed by atoms with Gasteiger partial charge in [-0.15, -0.1) is 0 Å². The molecule has 22 heavy (non-hydrogen) atoms. The molecular weight excluding hydrogens is 319 g/mol. The second kappa shape index (κ2) is 6.51. The number of halogens is 2. The molecule has 2 aromatic rings. The highest BCUT2D eigenvalue weighted by molar-refractivity contribution is 6.42. The summed E-state index contributed by atoms with van der Waals surface area (Å²) in [6.07, 6.45) is 1.76. The third-order valence-electron chi connectivity index (χ3n) is 3.53. The molecule has 0 N–H and O–H groups in total. The van der Waals surface area contributed by atoms with Crippen LogP contribution in [0, 0.1) is 0 Å². The SMILES string of the molecule is O=C(c1ccc(Cl)c(Cl)c1)N1CCCC(c2ccccc2)=N1. The summed E-state index contributed by atoms with van der Waals surface area (Å²) in [5, 5.41) is 6.82. The molecule has 0 fully saturated rings. The number of carbonyl (C=O) groups is 1. The van der Waals surface area contributed by atoms with Crippen molar-refractivity contribution in [3.05, 3.63) is 69.7 Å². The molecule has 0 spiro atoms. The van der Waals surface area contributed by atoms with Crippen LogP contribution in [0.1, 0.15) is 28.8 Å². The van der Waals surface area contributed by atoms with Crippen LogP contribution in [0.4, 0.5) is 0 Å². The first-order valence-corrected chi connectivity index (χ1v) is 7.80. The van der Waals surface area contributed by atoms with Crippen molar-refractivity contribution in [3.8, 4) is 0 Å². The van der Waals surface area contributed by atoms with Gasteiger partial charge in [-0.05, 0) is 36.6 Å². The molecule has 0 aliphatic carbocycles. The minimum absolute atomic E-state index is 0.160. The summed E-state index contributed by atoms with van der Waals surface area (Å²) >= 11 is 11.9. The molecular formula is C17H14Cl2N2O. The van der Waals surface area contributed by atoms with Crippen molar-refractivity contribution in [3.63, 3.8) is 0 Å². The predicted octanol–water partition coefficient (Wildman–Crippen LogP) is 4.63. The topological polar surface area (TPSA) is 32.7 Å². The molecule has 1 amide bonds. The van der Waals surface area contributed by atoms with Crippen LogP contribution >= 0.6 is 23.2 Å². The molecule has 0 aromatic heterocycles. The Labute approximate surface area is 139 Å². The standard InChI is InChI=1S/C17H14Cl2N2O/c18-14-9-8-13(11-15(14)19)17(22)21-10-4-7-16(20-21)12-5-2-1-3-6-12/h1-3,5-6,8-9,11H,4,7,10H2. The number of carbonyl (C=O) groups excluding carboxylic acids is 1. The zero-order valence-corrected chi connectivity index (χ0v) is 13.3. The maximum Gasteiger partial charge on any atom is 0.274 e. The van der Waals surface area contributed by atoms with Crippen LogP contribution in [0.2, 0.25) is 10.0 Å². The summed E-state index contributed by atoms with van der Waals surface area (Å²) in [5.41, 5.74) is 2.47. The van der Waals surface area contributed by atoms with Crippen LogP contribution < -0.4 is 0 Å². The van der Waals surface area contributed by atoms with Gasteiger partial charge in [-0.25, -0.2) is 5.01 Å². The summed E-state index contributed by atoms with van der Waals surface area (Å²) in [6, 6.07) is 14.8. The normalized spacial score (nSPS) is 14.6. The number of rotatable bonds is 2. The molecule has 0 unspecified atom stereocenters. The van der Waals surface area contributed by atoms with Crippen molar-refractivity contribution in [2.24, 2.45) is 5.10 Å². The number of hydrogen-bond donors (Lipinski definition) is 0. The molecule has 0 radical (unpaired) electrons. The van der Waals surface area contributed by atoms with Crippen LogP contribution in [0.25, 0.3) is 0 Å². The fourth-order valence-corrected chi connectivity index (χ4v) is 2.70. The van der Waals surface area contributed by atoms with E-state index in [1.54, 1.807) is 18.2 Å². The Kier molecular flexibility index (Phi) is 4.46. The van der Waals surface area contributed by atoms with Crippen molar-refractivity contribution >= 4 is 34.8 Å². The lowest BCUT2D eigenvalue weighted by Crippen LogP contribution is -2.32. The average Bonchev–Trinajstić information content (AvgIpc) is 2.57. The second-order valence-electron chi connectivity index (χ2n) is 5.07. The lowest BCUT2D eigenvalue weighted by molar-refractivity contribution is 0.0751. The first-order chi connectivity index (χ1) is 10.6. The Morgan fingerprint density at radius 1 is 1.05 bits per heavy atom. The molecule has 0 bridgehead atoms.